The molecule has 0 spiro atoms. The zero-order valence-electron chi connectivity index (χ0n) is 23.0. The van der Waals surface area contributed by atoms with Gasteiger partial charge in [-0.3, -0.25) is 14.2 Å². The second-order valence-electron chi connectivity index (χ2n) is 11.4. The molecule has 5 rings (SSSR count). The number of fused-ring (bicyclic) bond motifs is 1. The first-order valence-corrected chi connectivity index (χ1v) is 14.3. The van der Waals surface area contributed by atoms with E-state index in [-0.39, 0.29) is 36.3 Å². The first kappa shape index (κ1) is 31.2. The molecule has 1 atom stereocenters. The van der Waals surface area contributed by atoms with Crippen LogP contribution in [0.25, 0.3) is 0 Å². The van der Waals surface area contributed by atoms with Crippen molar-refractivity contribution >= 4 is 42.4 Å². The maximum Gasteiger partial charge on any atom is 0.294 e. The van der Waals surface area contributed by atoms with Crippen LogP contribution in [0.15, 0.2) is 23.1 Å². The zero-order chi connectivity index (χ0) is 25.8. The predicted octanol–water partition coefficient (Wildman–Crippen LogP) is 5.36. The van der Waals surface area contributed by atoms with E-state index in [1.54, 1.807) is 16.8 Å². The fourth-order valence-corrected chi connectivity index (χ4v) is 6.96. The highest BCUT2D eigenvalue weighted by Crippen LogP contribution is 2.40. The Morgan fingerprint density at radius 2 is 1.67 bits per heavy atom. The van der Waals surface area contributed by atoms with Gasteiger partial charge in [0, 0.05) is 30.7 Å². The van der Waals surface area contributed by atoms with E-state index < -0.39 is 6.04 Å². The molecule has 0 unspecified atom stereocenters. The Bertz CT molecular complexity index is 1140. The van der Waals surface area contributed by atoms with Gasteiger partial charge in [0.2, 0.25) is 5.91 Å². The molecule has 1 aliphatic heterocycles. The van der Waals surface area contributed by atoms with Gasteiger partial charge in [-0.2, -0.15) is 0 Å². The average molecular weight is 580 g/mol. The molecular weight excluding hydrogens is 535 g/mol. The molecule has 216 valence electrons. The van der Waals surface area contributed by atoms with E-state index in [0.29, 0.717) is 36.9 Å². The summed E-state index contributed by atoms with van der Waals surface area (Å²) in [6.45, 7) is 3.04. The van der Waals surface area contributed by atoms with Crippen molar-refractivity contribution in [2.45, 2.75) is 96.6 Å². The van der Waals surface area contributed by atoms with Crippen LogP contribution in [0, 0.1) is 24.7 Å². The molecule has 0 aromatic carbocycles. The van der Waals surface area contributed by atoms with Crippen LogP contribution in [0.3, 0.4) is 0 Å². The molecule has 0 bridgehead atoms. The minimum atomic E-state index is -0.513. The standard InChI is InChI=1S/C29H42N6O2.2ClH/c1-19-22(12-15-26(30)34-19)16-33-28(36)25-14-13-23-17-31-27(29(37)35(23)25)32-18-24(20-8-4-2-5-9-20)21-10-6-3-7-11-21;;/h12,15,17,20-21,24-25H,2-11,13-14,16,18H2,1H3,(H2,30,34)(H,31,32)(H,33,36);2*1H/t25-;;/m0../s1. The van der Waals surface area contributed by atoms with Crippen LogP contribution in [0.1, 0.15) is 93.6 Å². The number of nitrogens with zero attached hydrogens (tertiary/aromatic N) is 3. The Morgan fingerprint density at radius 1 is 1.03 bits per heavy atom. The number of nitrogens with one attached hydrogen (secondary N) is 2. The fraction of sp³-hybridized carbons (Fsp3) is 0.655. The van der Waals surface area contributed by atoms with Crippen molar-refractivity contribution in [3.63, 3.8) is 0 Å². The largest absolute Gasteiger partial charge is 0.384 e. The van der Waals surface area contributed by atoms with Crippen LogP contribution >= 0.6 is 24.8 Å². The van der Waals surface area contributed by atoms with Gasteiger partial charge in [0.25, 0.3) is 5.56 Å². The smallest absolute Gasteiger partial charge is 0.294 e. The Morgan fingerprint density at radius 3 is 2.28 bits per heavy atom. The molecule has 2 aliphatic carbocycles. The number of carbonyl (C=O) groups excluding carboxylic acids is 1. The molecule has 2 aromatic rings. The van der Waals surface area contributed by atoms with Crippen molar-refractivity contribution < 1.29 is 4.79 Å². The van der Waals surface area contributed by atoms with E-state index in [1.165, 1.54) is 64.2 Å². The number of rotatable bonds is 8. The lowest BCUT2D eigenvalue weighted by Crippen LogP contribution is -2.38. The lowest BCUT2D eigenvalue weighted by molar-refractivity contribution is -0.124. The Kier molecular flexibility index (Phi) is 11.5. The average Bonchev–Trinajstić information content (AvgIpc) is 3.36. The molecule has 10 heteroatoms. The third kappa shape index (κ3) is 7.26. The van der Waals surface area contributed by atoms with Gasteiger partial charge in [-0.1, -0.05) is 70.3 Å². The first-order valence-electron chi connectivity index (χ1n) is 14.3. The van der Waals surface area contributed by atoms with E-state index in [2.05, 4.69) is 20.6 Å². The molecule has 1 amide bonds. The van der Waals surface area contributed by atoms with Crippen LogP contribution in [-0.2, 0) is 17.8 Å². The number of hydrogen-bond acceptors (Lipinski definition) is 6. The summed E-state index contributed by atoms with van der Waals surface area (Å²) in [5.74, 6) is 2.79. The van der Waals surface area contributed by atoms with Crippen molar-refractivity contribution in [2.75, 3.05) is 17.6 Å². The van der Waals surface area contributed by atoms with Crippen molar-refractivity contribution in [1.29, 1.82) is 0 Å². The van der Waals surface area contributed by atoms with Gasteiger partial charge in [0.15, 0.2) is 5.82 Å². The highest BCUT2D eigenvalue weighted by molar-refractivity contribution is 5.85. The number of carbonyl (C=O) groups is 1. The number of pyridine rings is 1. The van der Waals surface area contributed by atoms with E-state index in [1.807, 2.05) is 13.0 Å². The number of aromatic nitrogens is 3. The molecule has 3 aliphatic rings. The van der Waals surface area contributed by atoms with E-state index in [4.69, 9.17) is 5.73 Å². The number of nitrogen functional groups attached to an aromatic ring is 1. The third-order valence-corrected chi connectivity index (χ3v) is 9.05. The molecule has 2 fully saturated rings. The predicted molar refractivity (Wildman–Crippen MR) is 161 cm³/mol. The summed E-state index contributed by atoms with van der Waals surface area (Å²) in [7, 11) is 0. The first-order chi connectivity index (χ1) is 18.0. The van der Waals surface area contributed by atoms with E-state index in [9.17, 15) is 9.59 Å². The third-order valence-electron chi connectivity index (χ3n) is 9.05. The van der Waals surface area contributed by atoms with Crippen LogP contribution in [0.2, 0.25) is 0 Å². The Hall–Kier alpha value is -2.32. The van der Waals surface area contributed by atoms with Crippen LogP contribution < -0.4 is 21.9 Å². The molecule has 3 heterocycles. The minimum Gasteiger partial charge on any atom is -0.384 e. The molecule has 4 N–H and O–H groups in total. The van der Waals surface area contributed by atoms with Gasteiger partial charge in [-0.05, 0) is 49.1 Å². The SMILES string of the molecule is Cc1nc(N)ccc1CNC(=O)[C@@H]1CCc2cnc(NCC(C3CCCCC3)C3CCCCC3)c(=O)n21.Cl.Cl. The number of halogens is 2. The summed E-state index contributed by atoms with van der Waals surface area (Å²) in [5, 5.41) is 6.48. The van der Waals surface area contributed by atoms with Crippen LogP contribution in [-0.4, -0.2) is 27.0 Å². The highest BCUT2D eigenvalue weighted by atomic mass is 35.5. The number of amides is 1. The van der Waals surface area contributed by atoms with E-state index >= 15 is 0 Å². The van der Waals surface area contributed by atoms with Gasteiger partial charge >= 0.3 is 0 Å². The molecule has 2 saturated carbocycles. The van der Waals surface area contributed by atoms with Crippen molar-refractivity contribution in [3.8, 4) is 0 Å². The lowest BCUT2D eigenvalue weighted by Gasteiger charge is -2.38. The lowest BCUT2D eigenvalue weighted by atomic mass is 9.69. The van der Waals surface area contributed by atoms with Gasteiger partial charge in [0.1, 0.15) is 11.9 Å². The summed E-state index contributed by atoms with van der Waals surface area (Å²) in [5.41, 5.74) is 8.12. The second-order valence-corrected chi connectivity index (χ2v) is 11.4. The Labute approximate surface area is 244 Å². The quantitative estimate of drug-likeness (QED) is 0.388. The van der Waals surface area contributed by atoms with Crippen LogP contribution in [0.4, 0.5) is 11.6 Å². The maximum atomic E-state index is 13.5. The molecule has 0 saturated heterocycles. The number of nitrogens with two attached hydrogens (primary N) is 1. The minimum absolute atomic E-state index is 0. The highest BCUT2D eigenvalue weighted by Gasteiger charge is 2.33. The normalized spacial score (nSPS) is 19.6. The van der Waals surface area contributed by atoms with E-state index in [0.717, 1.165) is 35.3 Å². The zero-order valence-corrected chi connectivity index (χ0v) is 24.6. The molecule has 0 radical (unpaired) electrons. The summed E-state index contributed by atoms with van der Waals surface area (Å²) in [6, 6.07) is 3.11. The summed E-state index contributed by atoms with van der Waals surface area (Å²) in [6.07, 6.45) is 16.3. The number of anilines is 2. The van der Waals surface area contributed by atoms with Crippen molar-refractivity contribution in [3.05, 3.63) is 45.6 Å². The maximum absolute atomic E-state index is 13.5. The monoisotopic (exact) mass is 578 g/mol. The molecule has 39 heavy (non-hydrogen) atoms. The van der Waals surface area contributed by atoms with Gasteiger partial charge in [-0.25, -0.2) is 9.97 Å². The van der Waals surface area contributed by atoms with Crippen molar-refractivity contribution in [1.82, 2.24) is 19.9 Å². The molecular formula is C29H44Cl2N6O2. The van der Waals surface area contributed by atoms with Crippen molar-refractivity contribution in [2.24, 2.45) is 17.8 Å². The van der Waals surface area contributed by atoms with Gasteiger partial charge < -0.3 is 16.4 Å². The fourth-order valence-electron chi connectivity index (χ4n) is 6.96. The summed E-state index contributed by atoms with van der Waals surface area (Å²) in [4.78, 5) is 35.5. The number of aryl methyl sites for hydroxylation is 2. The number of hydrogen-bond donors (Lipinski definition) is 3. The van der Waals surface area contributed by atoms with Crippen LogP contribution in [0.5, 0.6) is 0 Å². The second kappa shape index (κ2) is 14.4. The Balaban J connectivity index is 0.00000210. The topological polar surface area (TPSA) is 115 Å². The molecule has 8 nitrogen and oxygen atoms in total. The molecule has 2 aromatic heterocycles. The van der Waals surface area contributed by atoms with Gasteiger partial charge in [-0.15, -0.1) is 24.8 Å². The summed E-state index contributed by atoms with van der Waals surface area (Å²) < 4.78 is 1.66. The summed E-state index contributed by atoms with van der Waals surface area (Å²) >= 11 is 0. The van der Waals surface area contributed by atoms with Gasteiger partial charge in [0.05, 0.1) is 0 Å².